The standard InChI is InChI=1S/C9H16N2O7S/c1-5-6(10-8(13)17-9(2,3)4)7(12)11(5)18-19(14,15)16/h5-6H,1-4H3,(H,10,13)(H,14,15,16). The number of hydroxylamine groups is 2. The van der Waals surface area contributed by atoms with Crippen molar-refractivity contribution in [3.63, 3.8) is 0 Å². The van der Waals surface area contributed by atoms with Crippen molar-refractivity contribution >= 4 is 22.4 Å². The van der Waals surface area contributed by atoms with Crippen molar-refractivity contribution in [1.29, 1.82) is 0 Å². The maximum absolute atomic E-state index is 11.5. The third-order valence-electron chi connectivity index (χ3n) is 2.18. The summed E-state index contributed by atoms with van der Waals surface area (Å²) in [5.41, 5.74) is -0.718. The number of carbonyl (C=O) groups excluding carboxylic acids is 2. The molecule has 0 radical (unpaired) electrons. The zero-order valence-corrected chi connectivity index (χ0v) is 11.7. The van der Waals surface area contributed by atoms with Crippen LogP contribution in [0.1, 0.15) is 27.7 Å². The van der Waals surface area contributed by atoms with Crippen LogP contribution in [0.5, 0.6) is 0 Å². The van der Waals surface area contributed by atoms with Crippen LogP contribution < -0.4 is 5.32 Å². The average molecular weight is 296 g/mol. The summed E-state index contributed by atoms with van der Waals surface area (Å²) >= 11 is 0. The van der Waals surface area contributed by atoms with Crippen LogP contribution in [0.25, 0.3) is 0 Å². The van der Waals surface area contributed by atoms with Crippen molar-refractivity contribution < 1.29 is 31.6 Å². The van der Waals surface area contributed by atoms with E-state index in [0.29, 0.717) is 5.06 Å². The van der Waals surface area contributed by atoms with Gasteiger partial charge in [0.05, 0.1) is 6.04 Å². The average Bonchev–Trinajstić information content (AvgIpc) is 2.18. The van der Waals surface area contributed by atoms with Crippen LogP contribution in [0.2, 0.25) is 0 Å². The number of nitrogens with zero attached hydrogens (tertiary/aromatic N) is 1. The first kappa shape index (κ1) is 15.7. The lowest BCUT2D eigenvalue weighted by molar-refractivity contribution is -0.195. The summed E-state index contributed by atoms with van der Waals surface area (Å²) in [6.45, 7) is 6.42. The summed E-state index contributed by atoms with van der Waals surface area (Å²) in [6.07, 6.45) is -0.802. The summed E-state index contributed by atoms with van der Waals surface area (Å²) in [6, 6.07) is -1.71. The van der Waals surface area contributed by atoms with Crippen molar-refractivity contribution in [1.82, 2.24) is 10.4 Å². The molecule has 0 bridgehead atoms. The highest BCUT2D eigenvalue weighted by Gasteiger charge is 2.49. The summed E-state index contributed by atoms with van der Waals surface area (Å²) < 4.78 is 38.4. The second-order valence-corrected chi connectivity index (χ2v) is 6.04. The molecule has 1 rings (SSSR count). The number of ether oxygens (including phenoxy) is 1. The minimum absolute atomic E-state index is 0.456. The number of hydrogen-bond donors (Lipinski definition) is 2. The number of β-lactam (4-membered cyclic amide) rings is 1. The topological polar surface area (TPSA) is 122 Å². The third kappa shape index (κ3) is 4.33. The SMILES string of the molecule is CC1C(NC(=O)OC(C)(C)C)C(=O)N1OS(=O)(=O)O. The van der Waals surface area contributed by atoms with E-state index in [1.54, 1.807) is 20.8 Å². The van der Waals surface area contributed by atoms with Crippen LogP contribution in [-0.2, 0) is 24.2 Å². The second kappa shape index (κ2) is 4.94. The second-order valence-electron chi connectivity index (χ2n) is 5.03. The summed E-state index contributed by atoms with van der Waals surface area (Å²) in [7, 11) is -4.77. The number of rotatable bonds is 3. The van der Waals surface area contributed by atoms with Crippen molar-refractivity contribution in [2.24, 2.45) is 0 Å². The van der Waals surface area contributed by atoms with Gasteiger partial charge in [0.2, 0.25) is 0 Å². The van der Waals surface area contributed by atoms with Gasteiger partial charge in [0.1, 0.15) is 11.6 Å². The summed E-state index contributed by atoms with van der Waals surface area (Å²) in [5, 5.41) is 2.74. The minimum Gasteiger partial charge on any atom is -0.444 e. The Morgan fingerprint density at radius 1 is 1.42 bits per heavy atom. The molecule has 0 spiro atoms. The van der Waals surface area contributed by atoms with Gasteiger partial charge < -0.3 is 10.1 Å². The van der Waals surface area contributed by atoms with E-state index in [1.807, 2.05) is 0 Å². The monoisotopic (exact) mass is 296 g/mol. The van der Waals surface area contributed by atoms with Gasteiger partial charge in [-0.2, -0.15) is 13.5 Å². The Balaban J connectivity index is 2.56. The Bertz CT molecular complexity index is 481. The van der Waals surface area contributed by atoms with Crippen LogP contribution >= 0.6 is 0 Å². The molecule has 2 unspecified atom stereocenters. The highest BCUT2D eigenvalue weighted by atomic mass is 32.3. The normalized spacial score (nSPS) is 23.8. The molecular weight excluding hydrogens is 280 g/mol. The fourth-order valence-electron chi connectivity index (χ4n) is 1.42. The van der Waals surface area contributed by atoms with E-state index in [-0.39, 0.29) is 0 Å². The Morgan fingerprint density at radius 2 is 1.95 bits per heavy atom. The lowest BCUT2D eigenvalue weighted by Crippen LogP contribution is -2.69. The van der Waals surface area contributed by atoms with E-state index in [2.05, 4.69) is 9.60 Å². The van der Waals surface area contributed by atoms with Crippen LogP contribution in [0.15, 0.2) is 0 Å². The van der Waals surface area contributed by atoms with Gasteiger partial charge in [0.25, 0.3) is 5.91 Å². The number of amides is 2. The van der Waals surface area contributed by atoms with E-state index in [1.165, 1.54) is 6.92 Å². The maximum atomic E-state index is 11.5. The molecule has 0 aromatic carbocycles. The molecule has 0 aromatic heterocycles. The fourth-order valence-corrected chi connectivity index (χ4v) is 1.83. The number of carbonyl (C=O) groups is 2. The zero-order chi connectivity index (χ0) is 15.0. The van der Waals surface area contributed by atoms with Gasteiger partial charge in [-0.05, 0) is 27.7 Å². The molecule has 110 valence electrons. The van der Waals surface area contributed by atoms with Crippen LogP contribution in [0.4, 0.5) is 4.79 Å². The summed E-state index contributed by atoms with van der Waals surface area (Å²) in [5.74, 6) is -0.795. The first-order valence-electron chi connectivity index (χ1n) is 5.40. The van der Waals surface area contributed by atoms with Gasteiger partial charge in [0.15, 0.2) is 0 Å². The van der Waals surface area contributed by atoms with E-state index in [4.69, 9.17) is 9.29 Å². The number of nitrogens with one attached hydrogen (secondary N) is 1. The highest BCUT2D eigenvalue weighted by Crippen LogP contribution is 2.21. The molecule has 1 fully saturated rings. The minimum atomic E-state index is -4.77. The molecule has 0 aromatic rings. The lowest BCUT2D eigenvalue weighted by Gasteiger charge is -2.42. The fraction of sp³-hybridized carbons (Fsp3) is 0.778. The lowest BCUT2D eigenvalue weighted by atomic mass is 10.0. The van der Waals surface area contributed by atoms with Crippen LogP contribution in [0, 0.1) is 0 Å². The molecule has 1 saturated heterocycles. The van der Waals surface area contributed by atoms with Crippen molar-refractivity contribution in [3.05, 3.63) is 0 Å². The number of hydrogen-bond acceptors (Lipinski definition) is 6. The van der Waals surface area contributed by atoms with E-state index in [9.17, 15) is 18.0 Å². The van der Waals surface area contributed by atoms with Gasteiger partial charge in [-0.3, -0.25) is 9.35 Å². The van der Waals surface area contributed by atoms with Crippen LogP contribution in [0.3, 0.4) is 0 Å². The zero-order valence-electron chi connectivity index (χ0n) is 10.9. The molecule has 1 aliphatic heterocycles. The molecule has 2 atom stereocenters. The van der Waals surface area contributed by atoms with Crippen molar-refractivity contribution in [2.45, 2.75) is 45.4 Å². The molecule has 0 aliphatic carbocycles. The van der Waals surface area contributed by atoms with Gasteiger partial charge >= 0.3 is 16.5 Å². The van der Waals surface area contributed by atoms with Gasteiger partial charge in [-0.1, -0.05) is 0 Å². The molecule has 2 amide bonds. The smallest absolute Gasteiger partial charge is 0.418 e. The van der Waals surface area contributed by atoms with Gasteiger partial charge in [0, 0.05) is 0 Å². The largest absolute Gasteiger partial charge is 0.444 e. The first-order chi connectivity index (χ1) is 8.41. The molecule has 9 nitrogen and oxygen atoms in total. The third-order valence-corrected chi connectivity index (χ3v) is 2.53. The summed E-state index contributed by atoms with van der Waals surface area (Å²) in [4.78, 5) is 22.9. The number of alkyl carbamates (subject to hydrolysis) is 1. The molecule has 10 heteroatoms. The van der Waals surface area contributed by atoms with Crippen molar-refractivity contribution in [3.8, 4) is 0 Å². The Hall–Kier alpha value is -1.39. The Morgan fingerprint density at radius 3 is 2.32 bits per heavy atom. The Labute approximate surface area is 110 Å². The van der Waals surface area contributed by atoms with Gasteiger partial charge in [-0.15, -0.1) is 4.28 Å². The predicted molar refractivity (Wildman–Crippen MR) is 62.1 cm³/mol. The maximum Gasteiger partial charge on any atom is 0.418 e. The van der Waals surface area contributed by atoms with Gasteiger partial charge in [-0.25, -0.2) is 4.79 Å². The van der Waals surface area contributed by atoms with Crippen molar-refractivity contribution in [2.75, 3.05) is 0 Å². The highest BCUT2D eigenvalue weighted by molar-refractivity contribution is 7.80. The molecule has 0 saturated carbocycles. The molecule has 1 aliphatic rings. The van der Waals surface area contributed by atoms with E-state index < -0.39 is 40.1 Å². The molecule has 19 heavy (non-hydrogen) atoms. The molecule has 2 N–H and O–H groups in total. The predicted octanol–water partition coefficient (Wildman–Crippen LogP) is -0.155. The Kier molecular flexibility index (Phi) is 4.08. The molecular formula is C9H16N2O7S. The van der Waals surface area contributed by atoms with E-state index in [0.717, 1.165) is 0 Å². The quantitative estimate of drug-likeness (QED) is 0.548. The van der Waals surface area contributed by atoms with Crippen LogP contribution in [-0.4, -0.2) is 47.7 Å². The molecule has 1 heterocycles. The first-order valence-corrected chi connectivity index (χ1v) is 6.77. The van der Waals surface area contributed by atoms with E-state index >= 15 is 0 Å².